The van der Waals surface area contributed by atoms with Gasteiger partial charge >= 0.3 is 0 Å². The summed E-state index contributed by atoms with van der Waals surface area (Å²) in [7, 11) is 3.17. The number of benzene rings is 2. The van der Waals surface area contributed by atoms with Crippen molar-refractivity contribution in [2.45, 2.75) is 39.2 Å². The van der Waals surface area contributed by atoms with Crippen LogP contribution >= 0.6 is 0 Å². The fourth-order valence-corrected chi connectivity index (χ4v) is 4.55. The second-order valence-electron chi connectivity index (χ2n) is 8.20. The molecule has 1 aliphatic rings. The summed E-state index contributed by atoms with van der Waals surface area (Å²) in [6.07, 6.45) is 2.73. The Morgan fingerprint density at radius 2 is 1.81 bits per heavy atom. The molecule has 2 aromatic carbocycles. The number of carbonyl (C=O) groups is 1. The van der Waals surface area contributed by atoms with Gasteiger partial charge in [0.25, 0.3) is 5.91 Å². The summed E-state index contributed by atoms with van der Waals surface area (Å²) >= 11 is 0. The van der Waals surface area contributed by atoms with Crippen molar-refractivity contribution < 1.29 is 14.3 Å². The van der Waals surface area contributed by atoms with Crippen LogP contribution in [0.5, 0.6) is 11.5 Å². The van der Waals surface area contributed by atoms with Crippen LogP contribution in [0.3, 0.4) is 0 Å². The summed E-state index contributed by atoms with van der Waals surface area (Å²) in [5.74, 6) is 1.23. The van der Waals surface area contributed by atoms with Crippen LogP contribution in [-0.4, -0.2) is 49.1 Å². The molecule has 0 radical (unpaired) electrons. The summed E-state index contributed by atoms with van der Waals surface area (Å²) < 4.78 is 10.6. The van der Waals surface area contributed by atoms with Crippen LogP contribution in [0.15, 0.2) is 42.5 Å². The molecule has 0 aliphatic carbocycles. The Bertz CT molecular complexity index is 1120. The van der Waals surface area contributed by atoms with Gasteiger partial charge in [-0.05, 0) is 56.0 Å². The van der Waals surface area contributed by atoms with Crippen molar-refractivity contribution >= 4 is 22.5 Å². The van der Waals surface area contributed by atoms with Crippen LogP contribution in [0.2, 0.25) is 0 Å². The zero-order chi connectivity index (χ0) is 22.7. The number of nitrogens with one attached hydrogen (secondary N) is 1. The van der Waals surface area contributed by atoms with E-state index in [0.717, 1.165) is 30.5 Å². The second kappa shape index (κ2) is 9.47. The van der Waals surface area contributed by atoms with Crippen molar-refractivity contribution in [1.29, 1.82) is 0 Å². The van der Waals surface area contributed by atoms with Gasteiger partial charge in [0.05, 0.1) is 19.7 Å². The van der Waals surface area contributed by atoms with E-state index in [9.17, 15) is 4.79 Å². The number of ether oxygens (including phenoxy) is 2. The monoisotopic (exact) mass is 433 g/mol. The number of nitrogens with zero attached hydrogens (tertiary/aromatic N) is 2. The number of fused-ring (bicyclic) bond motifs is 1. The Labute approximate surface area is 189 Å². The lowest BCUT2D eigenvalue weighted by Crippen LogP contribution is -2.42. The van der Waals surface area contributed by atoms with Crippen molar-refractivity contribution in [2.75, 3.05) is 32.6 Å². The highest BCUT2D eigenvalue weighted by Crippen LogP contribution is 2.32. The van der Waals surface area contributed by atoms with Gasteiger partial charge < -0.3 is 19.7 Å². The number of rotatable bonds is 6. The minimum Gasteiger partial charge on any atom is -0.493 e. The number of aromatic nitrogens is 1. The predicted molar refractivity (Wildman–Crippen MR) is 128 cm³/mol. The molecule has 0 bridgehead atoms. The van der Waals surface area contributed by atoms with Crippen molar-refractivity contribution in [2.24, 2.45) is 0 Å². The first kappa shape index (κ1) is 21.9. The van der Waals surface area contributed by atoms with Crippen molar-refractivity contribution in [3.63, 3.8) is 0 Å². The molecular formula is C26H31N3O3. The number of amides is 1. The smallest absolute Gasteiger partial charge is 0.253 e. The van der Waals surface area contributed by atoms with E-state index in [0.29, 0.717) is 36.2 Å². The molecule has 32 heavy (non-hydrogen) atoms. The third-order valence-electron chi connectivity index (χ3n) is 6.31. The maximum absolute atomic E-state index is 13.1. The number of anilines is 1. The molecule has 1 aromatic heterocycles. The van der Waals surface area contributed by atoms with Gasteiger partial charge in [0, 0.05) is 41.5 Å². The van der Waals surface area contributed by atoms with Gasteiger partial charge in [-0.1, -0.05) is 25.1 Å². The highest BCUT2D eigenvalue weighted by atomic mass is 16.5. The van der Waals surface area contributed by atoms with Crippen molar-refractivity contribution in [1.82, 2.24) is 9.88 Å². The zero-order valence-electron chi connectivity index (χ0n) is 19.3. The molecule has 0 spiro atoms. The summed E-state index contributed by atoms with van der Waals surface area (Å²) in [5.41, 5.74) is 5.19. The Hall–Kier alpha value is -3.28. The second-order valence-corrected chi connectivity index (χ2v) is 8.20. The Morgan fingerprint density at radius 3 is 2.50 bits per heavy atom. The highest BCUT2D eigenvalue weighted by Gasteiger charge is 2.25. The number of hydrogen-bond acceptors (Lipinski definition) is 5. The number of carbonyl (C=O) groups excluding carboxylic acids is 1. The molecule has 0 saturated carbocycles. The first-order valence-corrected chi connectivity index (χ1v) is 11.2. The summed E-state index contributed by atoms with van der Waals surface area (Å²) in [6, 6.07) is 14.0. The average Bonchev–Trinajstić information content (AvgIpc) is 2.83. The van der Waals surface area contributed by atoms with Gasteiger partial charge in [-0.25, -0.2) is 0 Å². The third kappa shape index (κ3) is 4.22. The average molecular weight is 434 g/mol. The minimum atomic E-state index is 0.0313. The standard InChI is InChI=1S/C26H31N3O3/c1-5-20-17(2)27-22-9-7-6-8-21(22)25(20)28-19-12-14-29(15-13-19)26(30)18-10-11-23(31-3)24(16-18)32-4/h6-11,16,19H,5,12-15H2,1-4H3,(H,27,28). The van der Waals surface area contributed by atoms with Crippen LogP contribution in [0.1, 0.15) is 41.4 Å². The van der Waals surface area contributed by atoms with E-state index < -0.39 is 0 Å². The number of pyridine rings is 1. The lowest BCUT2D eigenvalue weighted by molar-refractivity contribution is 0.0718. The molecule has 1 saturated heterocycles. The molecule has 0 atom stereocenters. The Morgan fingerprint density at radius 1 is 1.09 bits per heavy atom. The van der Waals surface area contributed by atoms with E-state index >= 15 is 0 Å². The first-order valence-electron chi connectivity index (χ1n) is 11.2. The molecule has 6 nitrogen and oxygen atoms in total. The summed E-state index contributed by atoms with van der Waals surface area (Å²) in [4.78, 5) is 19.8. The Balaban J connectivity index is 1.48. The third-order valence-corrected chi connectivity index (χ3v) is 6.31. The van der Waals surface area contributed by atoms with Gasteiger partial charge in [0.1, 0.15) is 0 Å². The number of hydrogen-bond donors (Lipinski definition) is 1. The van der Waals surface area contributed by atoms with Crippen LogP contribution in [-0.2, 0) is 6.42 Å². The molecule has 6 heteroatoms. The number of methoxy groups -OCH3 is 2. The normalized spacial score (nSPS) is 14.4. The molecule has 1 aliphatic heterocycles. The fraction of sp³-hybridized carbons (Fsp3) is 0.385. The van der Waals surface area contributed by atoms with Gasteiger partial charge in [-0.3, -0.25) is 9.78 Å². The fourth-order valence-electron chi connectivity index (χ4n) is 4.55. The van der Waals surface area contributed by atoms with Crippen molar-refractivity contribution in [3.8, 4) is 11.5 Å². The molecule has 2 heterocycles. The number of para-hydroxylation sites is 1. The predicted octanol–water partition coefficient (Wildman–Crippen LogP) is 4.84. The maximum Gasteiger partial charge on any atom is 0.253 e. The van der Waals surface area contributed by atoms with E-state index in [1.165, 1.54) is 16.6 Å². The molecule has 0 unspecified atom stereocenters. The summed E-state index contributed by atoms with van der Waals surface area (Å²) in [5, 5.41) is 4.97. The topological polar surface area (TPSA) is 63.7 Å². The number of likely N-dealkylation sites (tertiary alicyclic amines) is 1. The van der Waals surface area contributed by atoms with E-state index in [-0.39, 0.29) is 5.91 Å². The SMILES string of the molecule is CCc1c(C)nc2ccccc2c1NC1CCN(C(=O)c2ccc(OC)c(OC)c2)CC1. The molecular weight excluding hydrogens is 402 g/mol. The van der Waals surface area contributed by atoms with Crippen LogP contribution < -0.4 is 14.8 Å². The number of aryl methyl sites for hydroxylation is 1. The minimum absolute atomic E-state index is 0.0313. The highest BCUT2D eigenvalue weighted by molar-refractivity contribution is 5.95. The van der Waals surface area contributed by atoms with Gasteiger partial charge in [-0.15, -0.1) is 0 Å². The molecule has 1 N–H and O–H groups in total. The van der Waals surface area contributed by atoms with E-state index in [1.807, 2.05) is 11.0 Å². The molecule has 4 rings (SSSR count). The van der Waals surface area contributed by atoms with Gasteiger partial charge in [0.2, 0.25) is 0 Å². The lowest BCUT2D eigenvalue weighted by atomic mass is 9.99. The lowest BCUT2D eigenvalue weighted by Gasteiger charge is -2.34. The van der Waals surface area contributed by atoms with Crippen LogP contribution in [0.4, 0.5) is 5.69 Å². The maximum atomic E-state index is 13.1. The van der Waals surface area contributed by atoms with Crippen LogP contribution in [0, 0.1) is 6.92 Å². The molecule has 3 aromatic rings. The quantitative estimate of drug-likeness (QED) is 0.603. The Kier molecular flexibility index (Phi) is 6.49. The van der Waals surface area contributed by atoms with E-state index in [2.05, 4.69) is 37.4 Å². The molecule has 1 amide bonds. The van der Waals surface area contributed by atoms with E-state index in [1.54, 1.807) is 32.4 Å². The number of piperidine rings is 1. The first-order chi connectivity index (χ1) is 15.5. The zero-order valence-corrected chi connectivity index (χ0v) is 19.3. The van der Waals surface area contributed by atoms with Gasteiger partial charge in [-0.2, -0.15) is 0 Å². The van der Waals surface area contributed by atoms with Gasteiger partial charge in [0.15, 0.2) is 11.5 Å². The summed E-state index contributed by atoms with van der Waals surface area (Å²) in [6.45, 7) is 5.69. The van der Waals surface area contributed by atoms with Crippen LogP contribution in [0.25, 0.3) is 10.9 Å². The van der Waals surface area contributed by atoms with E-state index in [4.69, 9.17) is 14.5 Å². The molecule has 168 valence electrons. The van der Waals surface area contributed by atoms with Crippen molar-refractivity contribution in [3.05, 3.63) is 59.3 Å². The largest absolute Gasteiger partial charge is 0.493 e. The molecule has 1 fully saturated rings.